The largest absolute Gasteiger partial charge is 0.497 e. The number of rotatable bonds is 11. The van der Waals surface area contributed by atoms with Crippen LogP contribution in [0.15, 0.2) is 108 Å². The summed E-state index contributed by atoms with van der Waals surface area (Å²) in [7, 11) is -2.54. The highest BCUT2D eigenvalue weighted by Gasteiger charge is 2.34. The molecular weight excluding hydrogens is 508 g/mol. The van der Waals surface area contributed by atoms with Gasteiger partial charge in [0.15, 0.2) is 0 Å². The smallest absolute Gasteiger partial charge is 0.323 e. The highest BCUT2D eigenvalue weighted by atomic mass is 32.2. The van der Waals surface area contributed by atoms with Crippen molar-refractivity contribution >= 4 is 27.8 Å². The Kier molecular flexibility index (Phi) is 8.60. The Bertz CT molecular complexity index is 1410. The average molecular weight is 535 g/mol. The minimum absolute atomic E-state index is 0.0162. The van der Waals surface area contributed by atoms with Crippen LogP contribution in [0.2, 0.25) is 0 Å². The van der Waals surface area contributed by atoms with Gasteiger partial charge in [-0.05, 0) is 53.1 Å². The number of pyridine rings is 1. The number of aromatic nitrogens is 1. The monoisotopic (exact) mass is 534 g/mol. The van der Waals surface area contributed by atoms with Crippen LogP contribution >= 0.6 is 11.8 Å². The van der Waals surface area contributed by atoms with Crippen LogP contribution in [0.5, 0.6) is 5.75 Å². The number of methoxy groups -OCH3 is 1. The Balaban J connectivity index is 1.58. The minimum Gasteiger partial charge on any atom is -0.497 e. The number of nitrogens with one attached hydrogen (secondary N) is 1. The number of nitrogens with zero attached hydrogens (tertiary/aromatic N) is 1. The van der Waals surface area contributed by atoms with Gasteiger partial charge in [0, 0.05) is 11.9 Å². The molecule has 0 spiro atoms. The van der Waals surface area contributed by atoms with Gasteiger partial charge in [0.2, 0.25) is 10.0 Å². The van der Waals surface area contributed by atoms with E-state index in [1.165, 1.54) is 23.9 Å². The summed E-state index contributed by atoms with van der Waals surface area (Å²) >= 11 is 1.32. The Hall–Kier alpha value is -3.66. The third kappa shape index (κ3) is 6.76. The molecule has 1 aromatic heterocycles. The summed E-state index contributed by atoms with van der Waals surface area (Å²) in [5.74, 6) is -0.121. The molecule has 0 saturated heterocycles. The lowest BCUT2D eigenvalue weighted by atomic mass is 10.1. The van der Waals surface area contributed by atoms with E-state index in [2.05, 4.69) is 9.71 Å². The first-order valence-electron chi connectivity index (χ1n) is 11.4. The zero-order valence-corrected chi connectivity index (χ0v) is 21.7. The number of thioether (sulfide) groups is 1. The van der Waals surface area contributed by atoms with Crippen molar-refractivity contribution in [3.63, 3.8) is 0 Å². The van der Waals surface area contributed by atoms with Crippen molar-refractivity contribution in [3.8, 4) is 16.9 Å². The zero-order valence-electron chi connectivity index (χ0n) is 20.0. The van der Waals surface area contributed by atoms with Crippen molar-refractivity contribution in [2.24, 2.45) is 0 Å². The molecule has 0 bridgehead atoms. The first-order valence-corrected chi connectivity index (χ1v) is 14.0. The van der Waals surface area contributed by atoms with Crippen molar-refractivity contribution < 1.29 is 23.1 Å². The molecular formula is C28H26N2O5S2. The summed E-state index contributed by atoms with van der Waals surface area (Å²) < 4.78 is 34.2. The van der Waals surface area contributed by atoms with E-state index in [4.69, 9.17) is 4.74 Å². The predicted octanol–water partition coefficient (Wildman–Crippen LogP) is 5.16. The van der Waals surface area contributed by atoms with E-state index in [1.54, 1.807) is 55.8 Å². The van der Waals surface area contributed by atoms with Gasteiger partial charge in [-0.15, -0.1) is 11.8 Å². The second-order valence-electron chi connectivity index (χ2n) is 8.15. The molecule has 0 amide bonds. The molecule has 1 heterocycles. The summed E-state index contributed by atoms with van der Waals surface area (Å²) in [5.41, 5.74) is 3.20. The molecule has 7 nitrogen and oxygen atoms in total. The molecule has 4 rings (SSSR count). The first-order chi connectivity index (χ1) is 17.9. The fourth-order valence-corrected chi connectivity index (χ4v) is 6.31. The van der Waals surface area contributed by atoms with E-state index in [1.807, 2.05) is 42.5 Å². The van der Waals surface area contributed by atoms with Gasteiger partial charge < -0.3 is 9.84 Å². The fraction of sp³-hybridized carbons (Fsp3) is 0.143. The summed E-state index contributed by atoms with van der Waals surface area (Å²) in [4.78, 5) is 16.6. The maximum atomic E-state index is 13.3. The van der Waals surface area contributed by atoms with Crippen LogP contribution in [0.1, 0.15) is 16.5 Å². The number of carboxylic acids is 1. The lowest BCUT2D eigenvalue weighted by Crippen LogP contribution is -2.44. The van der Waals surface area contributed by atoms with Crippen LogP contribution in [-0.2, 0) is 20.6 Å². The van der Waals surface area contributed by atoms with E-state index in [0.717, 1.165) is 22.6 Å². The second-order valence-corrected chi connectivity index (χ2v) is 11.0. The number of hydrogen-bond acceptors (Lipinski definition) is 6. The Labute approximate surface area is 220 Å². The number of aliphatic carboxylic acids is 1. The topological polar surface area (TPSA) is 106 Å². The van der Waals surface area contributed by atoms with Crippen LogP contribution in [-0.4, -0.2) is 37.6 Å². The number of hydrogen-bond donors (Lipinski definition) is 2. The lowest BCUT2D eigenvalue weighted by Gasteiger charge is -2.25. The summed E-state index contributed by atoms with van der Waals surface area (Å²) in [6.07, 6.45) is 1.67. The van der Waals surface area contributed by atoms with Gasteiger partial charge in [-0.3, -0.25) is 9.78 Å². The van der Waals surface area contributed by atoms with E-state index in [-0.39, 0.29) is 4.90 Å². The van der Waals surface area contributed by atoms with Gasteiger partial charge in [0.1, 0.15) is 11.8 Å². The van der Waals surface area contributed by atoms with E-state index in [9.17, 15) is 18.3 Å². The summed E-state index contributed by atoms with van der Waals surface area (Å²) in [6.45, 7) is 0. The Morgan fingerprint density at radius 1 is 0.919 bits per heavy atom. The van der Waals surface area contributed by atoms with Crippen molar-refractivity contribution in [1.82, 2.24) is 9.71 Å². The SMILES string of the molecule is COc1ccc(-c2ccc(S(=O)(=O)N[C@@H](C(=O)O)[C@H](SCc3ccccn3)c3ccccc3)cc2)cc1. The third-order valence-electron chi connectivity index (χ3n) is 5.70. The molecule has 0 aliphatic rings. The van der Waals surface area contributed by atoms with Gasteiger partial charge in [-0.25, -0.2) is 8.42 Å². The first kappa shape index (κ1) is 26.4. The second kappa shape index (κ2) is 12.1. The maximum Gasteiger partial charge on any atom is 0.323 e. The normalized spacial score (nSPS) is 13.0. The van der Waals surface area contributed by atoms with Gasteiger partial charge in [-0.1, -0.05) is 60.7 Å². The average Bonchev–Trinajstić information content (AvgIpc) is 2.93. The highest BCUT2D eigenvalue weighted by Crippen LogP contribution is 2.35. The van der Waals surface area contributed by atoms with Crippen molar-refractivity contribution in [2.45, 2.75) is 21.9 Å². The van der Waals surface area contributed by atoms with Gasteiger partial charge in [0.05, 0.1) is 22.9 Å². The van der Waals surface area contributed by atoms with Crippen LogP contribution in [0, 0.1) is 0 Å². The molecule has 9 heteroatoms. The number of ether oxygens (including phenoxy) is 1. The molecule has 2 N–H and O–H groups in total. The minimum atomic E-state index is -4.13. The highest BCUT2D eigenvalue weighted by molar-refractivity contribution is 7.98. The fourth-order valence-electron chi connectivity index (χ4n) is 3.77. The number of benzene rings is 3. The number of sulfonamides is 1. The maximum absolute atomic E-state index is 13.3. The summed E-state index contributed by atoms with van der Waals surface area (Å²) in [6, 6.07) is 26.9. The molecule has 0 radical (unpaired) electrons. The number of carbonyl (C=O) groups is 1. The molecule has 37 heavy (non-hydrogen) atoms. The van der Waals surface area contributed by atoms with Crippen molar-refractivity contribution in [2.75, 3.05) is 7.11 Å². The van der Waals surface area contributed by atoms with Crippen molar-refractivity contribution in [3.05, 3.63) is 115 Å². The lowest BCUT2D eigenvalue weighted by molar-refractivity contribution is -0.139. The standard InChI is InChI=1S/C28H26N2O5S2/c1-35-24-14-10-20(11-15-24)21-12-16-25(17-13-21)37(33,34)30-26(28(31)32)27(22-7-3-2-4-8-22)36-19-23-9-5-6-18-29-23/h2-18,26-27,30H,19H2,1H3,(H,31,32)/t26-,27-/m1/s1. The van der Waals surface area contributed by atoms with E-state index in [0.29, 0.717) is 11.3 Å². The van der Waals surface area contributed by atoms with Crippen molar-refractivity contribution in [1.29, 1.82) is 0 Å². The van der Waals surface area contributed by atoms with E-state index < -0.39 is 27.3 Å². The summed E-state index contributed by atoms with van der Waals surface area (Å²) in [5, 5.41) is 9.40. The molecule has 2 atom stereocenters. The van der Waals surface area contributed by atoms with Crippen LogP contribution < -0.4 is 9.46 Å². The zero-order chi connectivity index (χ0) is 26.3. The molecule has 3 aromatic carbocycles. The van der Waals surface area contributed by atoms with Gasteiger partial charge in [0.25, 0.3) is 0 Å². The quantitative estimate of drug-likeness (QED) is 0.274. The molecule has 0 fully saturated rings. The van der Waals surface area contributed by atoms with Crippen LogP contribution in [0.4, 0.5) is 0 Å². The van der Waals surface area contributed by atoms with Gasteiger partial charge >= 0.3 is 5.97 Å². The number of carboxylic acid groups (broad SMARTS) is 1. The predicted molar refractivity (Wildman–Crippen MR) is 145 cm³/mol. The molecule has 4 aromatic rings. The van der Waals surface area contributed by atoms with Gasteiger partial charge in [-0.2, -0.15) is 4.72 Å². The molecule has 0 saturated carbocycles. The van der Waals surface area contributed by atoms with Crippen LogP contribution in [0.3, 0.4) is 0 Å². The molecule has 0 aliphatic carbocycles. The molecule has 0 aliphatic heterocycles. The molecule has 0 unspecified atom stereocenters. The Morgan fingerprint density at radius 2 is 1.54 bits per heavy atom. The third-order valence-corrected chi connectivity index (χ3v) is 8.53. The van der Waals surface area contributed by atoms with Crippen LogP contribution in [0.25, 0.3) is 11.1 Å². The molecule has 190 valence electrons. The Morgan fingerprint density at radius 3 is 2.11 bits per heavy atom. The van der Waals surface area contributed by atoms with E-state index >= 15 is 0 Å².